The summed E-state index contributed by atoms with van der Waals surface area (Å²) in [5.74, 6) is 0. The lowest BCUT2D eigenvalue weighted by molar-refractivity contribution is -0.190. The Morgan fingerprint density at radius 1 is 1.38 bits per heavy atom. The van der Waals surface area contributed by atoms with E-state index in [-0.39, 0.29) is 6.54 Å². The molecule has 0 heterocycles. The molecule has 0 saturated heterocycles. The number of hydroxylamine groups is 1. The lowest BCUT2D eigenvalue weighted by atomic mass is 10.2. The molecule has 0 aliphatic carbocycles. The first-order chi connectivity index (χ1) is 7.38. The minimum absolute atomic E-state index is 0.136. The van der Waals surface area contributed by atoms with Gasteiger partial charge in [0.2, 0.25) is 0 Å². The maximum absolute atomic E-state index is 11.7. The molecule has 0 aliphatic rings. The smallest absolute Gasteiger partial charge is 0.292 e. The Labute approximate surface area is 104 Å². The first-order valence-corrected chi connectivity index (χ1v) is 5.41. The van der Waals surface area contributed by atoms with E-state index < -0.39 is 12.8 Å². The van der Waals surface area contributed by atoms with E-state index in [1.807, 2.05) is 0 Å². The van der Waals surface area contributed by atoms with E-state index in [2.05, 4.69) is 26.2 Å². The van der Waals surface area contributed by atoms with Gasteiger partial charge in [-0.1, -0.05) is 27.5 Å². The summed E-state index contributed by atoms with van der Waals surface area (Å²) < 4.78 is 35.9. The average Bonchev–Trinajstić information content (AvgIpc) is 2.16. The van der Waals surface area contributed by atoms with Crippen molar-refractivity contribution < 1.29 is 18.0 Å². The molecule has 2 nitrogen and oxygen atoms in total. The van der Waals surface area contributed by atoms with Crippen LogP contribution in [0.4, 0.5) is 13.2 Å². The lowest BCUT2D eigenvalue weighted by Crippen LogP contribution is -2.24. The number of rotatable bonds is 4. The van der Waals surface area contributed by atoms with Crippen molar-refractivity contribution in [3.8, 4) is 0 Å². The second-order valence-electron chi connectivity index (χ2n) is 2.96. The number of nitrogens with one attached hydrogen (secondary N) is 1. The van der Waals surface area contributed by atoms with Crippen LogP contribution in [0.1, 0.15) is 5.56 Å². The molecule has 0 atom stereocenters. The highest BCUT2D eigenvalue weighted by Crippen LogP contribution is 2.21. The van der Waals surface area contributed by atoms with Gasteiger partial charge in [0.1, 0.15) is 0 Å². The van der Waals surface area contributed by atoms with E-state index in [1.165, 1.54) is 0 Å². The second kappa shape index (κ2) is 5.86. The Bertz CT molecular complexity index is 359. The molecule has 90 valence electrons. The lowest BCUT2D eigenvalue weighted by Gasteiger charge is -2.09. The van der Waals surface area contributed by atoms with Gasteiger partial charge < -0.3 is 0 Å². The van der Waals surface area contributed by atoms with Crippen LogP contribution in [0.2, 0.25) is 5.02 Å². The van der Waals surface area contributed by atoms with Crippen molar-refractivity contribution in [2.24, 2.45) is 0 Å². The van der Waals surface area contributed by atoms with Crippen molar-refractivity contribution in [2.45, 2.75) is 12.7 Å². The normalized spacial score (nSPS) is 11.8. The molecule has 0 amide bonds. The van der Waals surface area contributed by atoms with Crippen LogP contribution in [0.3, 0.4) is 0 Å². The van der Waals surface area contributed by atoms with E-state index in [4.69, 9.17) is 11.6 Å². The predicted molar refractivity (Wildman–Crippen MR) is 58.0 cm³/mol. The molecule has 16 heavy (non-hydrogen) atoms. The number of hydrogen-bond donors (Lipinski definition) is 1. The van der Waals surface area contributed by atoms with Gasteiger partial charge in [0.05, 0.1) is 0 Å². The predicted octanol–water partition coefficient (Wildman–Crippen LogP) is 3.69. The fraction of sp³-hybridized carbons (Fsp3) is 0.333. The first-order valence-electron chi connectivity index (χ1n) is 4.24. The van der Waals surface area contributed by atoms with E-state index in [0.29, 0.717) is 5.02 Å². The zero-order chi connectivity index (χ0) is 12.2. The van der Waals surface area contributed by atoms with E-state index in [0.717, 1.165) is 10.0 Å². The molecule has 7 heteroatoms. The largest absolute Gasteiger partial charge is 0.413 e. The van der Waals surface area contributed by atoms with Crippen LogP contribution in [-0.2, 0) is 11.4 Å². The molecule has 1 aromatic carbocycles. The van der Waals surface area contributed by atoms with Crippen LogP contribution in [0, 0.1) is 0 Å². The Kier molecular flexibility index (Phi) is 5.04. The minimum atomic E-state index is -4.33. The maximum atomic E-state index is 11.7. The maximum Gasteiger partial charge on any atom is 0.413 e. The molecule has 0 aliphatic heterocycles. The van der Waals surface area contributed by atoms with Gasteiger partial charge in [-0.3, -0.25) is 4.84 Å². The van der Waals surface area contributed by atoms with Gasteiger partial charge in [-0.15, -0.1) is 0 Å². The summed E-state index contributed by atoms with van der Waals surface area (Å²) in [4.78, 5) is 4.26. The zero-order valence-electron chi connectivity index (χ0n) is 7.94. The Balaban J connectivity index is 2.40. The fourth-order valence-electron chi connectivity index (χ4n) is 0.940. The monoisotopic (exact) mass is 317 g/mol. The molecule has 0 fully saturated rings. The SMILES string of the molecule is FC(F)(F)CONCc1cc(Cl)ccc1Br. The summed E-state index contributed by atoms with van der Waals surface area (Å²) in [6, 6.07) is 5.02. The van der Waals surface area contributed by atoms with Crippen molar-refractivity contribution in [1.82, 2.24) is 5.48 Å². The van der Waals surface area contributed by atoms with Crippen LogP contribution in [0.25, 0.3) is 0 Å². The third-order valence-corrected chi connectivity index (χ3v) is 2.62. The first kappa shape index (κ1) is 13.8. The van der Waals surface area contributed by atoms with Gasteiger partial charge in [-0.25, -0.2) is 0 Å². The van der Waals surface area contributed by atoms with Crippen LogP contribution < -0.4 is 5.48 Å². The average molecular weight is 319 g/mol. The molecule has 1 aromatic rings. The van der Waals surface area contributed by atoms with Gasteiger partial charge in [0.25, 0.3) is 0 Å². The molecule has 0 saturated carbocycles. The van der Waals surface area contributed by atoms with E-state index in [1.54, 1.807) is 18.2 Å². The van der Waals surface area contributed by atoms with Crippen molar-refractivity contribution in [3.63, 3.8) is 0 Å². The number of alkyl halides is 3. The molecule has 0 radical (unpaired) electrons. The highest BCUT2D eigenvalue weighted by Gasteiger charge is 2.27. The third kappa shape index (κ3) is 5.16. The molecule has 1 rings (SSSR count). The topological polar surface area (TPSA) is 21.3 Å². The molecular formula is C9H8BrClF3NO. The molecule has 0 aromatic heterocycles. The minimum Gasteiger partial charge on any atom is -0.292 e. The highest BCUT2D eigenvalue weighted by atomic mass is 79.9. The number of halogens is 5. The van der Waals surface area contributed by atoms with Crippen molar-refractivity contribution in [2.75, 3.05) is 6.61 Å². The zero-order valence-corrected chi connectivity index (χ0v) is 10.3. The molecule has 0 unspecified atom stereocenters. The standard InChI is InChI=1S/C9H8BrClF3NO/c10-8-2-1-7(11)3-6(8)4-15-16-5-9(12,13)14/h1-3,15H,4-5H2. The fourth-order valence-corrected chi connectivity index (χ4v) is 1.52. The second-order valence-corrected chi connectivity index (χ2v) is 4.25. The molecular weight excluding hydrogens is 310 g/mol. The Morgan fingerprint density at radius 2 is 2.06 bits per heavy atom. The van der Waals surface area contributed by atoms with Crippen LogP contribution in [0.5, 0.6) is 0 Å². The summed E-state index contributed by atoms with van der Waals surface area (Å²) >= 11 is 8.98. The van der Waals surface area contributed by atoms with Crippen molar-refractivity contribution in [1.29, 1.82) is 0 Å². The number of hydrogen-bond acceptors (Lipinski definition) is 2. The van der Waals surface area contributed by atoms with Gasteiger partial charge in [-0.05, 0) is 23.8 Å². The Hall–Kier alpha value is -0.300. The van der Waals surface area contributed by atoms with Gasteiger partial charge in [-0.2, -0.15) is 18.7 Å². The van der Waals surface area contributed by atoms with Gasteiger partial charge in [0.15, 0.2) is 6.61 Å². The van der Waals surface area contributed by atoms with Crippen LogP contribution in [-0.4, -0.2) is 12.8 Å². The summed E-state index contributed by atoms with van der Waals surface area (Å²) in [5, 5.41) is 0.510. The summed E-state index contributed by atoms with van der Waals surface area (Å²) in [6.45, 7) is -1.19. The summed E-state index contributed by atoms with van der Waals surface area (Å²) in [7, 11) is 0. The Morgan fingerprint density at radius 3 is 2.69 bits per heavy atom. The van der Waals surface area contributed by atoms with Crippen molar-refractivity contribution in [3.05, 3.63) is 33.3 Å². The van der Waals surface area contributed by atoms with Crippen LogP contribution >= 0.6 is 27.5 Å². The van der Waals surface area contributed by atoms with Gasteiger partial charge in [0, 0.05) is 16.0 Å². The quantitative estimate of drug-likeness (QED) is 0.675. The molecule has 1 N–H and O–H groups in total. The van der Waals surface area contributed by atoms with Gasteiger partial charge >= 0.3 is 6.18 Å². The van der Waals surface area contributed by atoms with E-state index in [9.17, 15) is 13.2 Å². The highest BCUT2D eigenvalue weighted by molar-refractivity contribution is 9.10. The molecule has 0 bridgehead atoms. The van der Waals surface area contributed by atoms with Crippen LogP contribution in [0.15, 0.2) is 22.7 Å². The number of benzene rings is 1. The summed E-state index contributed by atoms with van der Waals surface area (Å²) in [5.41, 5.74) is 2.93. The van der Waals surface area contributed by atoms with E-state index >= 15 is 0 Å². The third-order valence-electron chi connectivity index (χ3n) is 1.61. The molecule has 0 spiro atoms. The summed E-state index contributed by atoms with van der Waals surface area (Å²) in [6.07, 6.45) is -4.33. The van der Waals surface area contributed by atoms with Crippen molar-refractivity contribution >= 4 is 27.5 Å².